The van der Waals surface area contributed by atoms with Gasteiger partial charge in [0.05, 0.1) is 23.5 Å². The van der Waals surface area contributed by atoms with Gasteiger partial charge in [0.25, 0.3) is 5.91 Å². The lowest BCUT2D eigenvalue weighted by Crippen LogP contribution is -2.52. The Morgan fingerprint density at radius 3 is 2.06 bits per heavy atom. The maximum atomic E-state index is 13.2. The number of primary amides is 1. The molecule has 3 amide bonds. The quantitative estimate of drug-likeness (QED) is 0.540. The number of urea groups is 1. The summed E-state index contributed by atoms with van der Waals surface area (Å²) in [5.74, 6) is -0.230. The maximum Gasteiger partial charge on any atom is 0.316 e. The largest absolute Gasteiger partial charge is 0.351 e. The van der Waals surface area contributed by atoms with Crippen molar-refractivity contribution in [2.75, 3.05) is 11.9 Å². The topological polar surface area (TPSA) is 87.5 Å². The van der Waals surface area contributed by atoms with E-state index in [0.717, 1.165) is 25.8 Å². The first-order valence-corrected chi connectivity index (χ1v) is 11.0. The first-order valence-electron chi connectivity index (χ1n) is 11.0. The first kappa shape index (κ1) is 21.6. The Morgan fingerprint density at radius 2 is 1.44 bits per heavy atom. The van der Waals surface area contributed by atoms with Crippen molar-refractivity contribution in [1.29, 1.82) is 0 Å². The van der Waals surface area contributed by atoms with Crippen LogP contribution in [0.5, 0.6) is 0 Å². The number of nitrogens with one attached hydrogen (secondary N) is 2. The molecule has 3 aromatic rings. The maximum absolute atomic E-state index is 13.2. The number of likely N-dealkylation sites (tertiary alicyclic amines) is 1. The second-order valence-corrected chi connectivity index (χ2v) is 7.98. The molecule has 0 aliphatic carbocycles. The van der Waals surface area contributed by atoms with Gasteiger partial charge in [-0.1, -0.05) is 72.8 Å². The fraction of sp³-hybridized carbons (Fsp3) is 0.231. The van der Waals surface area contributed by atoms with E-state index in [-0.39, 0.29) is 18.1 Å². The summed E-state index contributed by atoms with van der Waals surface area (Å²) in [5, 5.41) is 5.76. The number of para-hydroxylation sites is 1. The molecule has 4 rings (SSSR count). The lowest BCUT2D eigenvalue weighted by Gasteiger charge is -2.42. The SMILES string of the molecule is NC(=O)Nc1ccccc1C(=O)NC1CCCCN1C(c1ccccc1)c1ccccc1. The van der Waals surface area contributed by atoms with Gasteiger partial charge >= 0.3 is 6.03 Å². The summed E-state index contributed by atoms with van der Waals surface area (Å²) in [4.78, 5) is 27.0. The van der Waals surface area contributed by atoms with E-state index in [1.807, 2.05) is 12.1 Å². The zero-order valence-corrected chi connectivity index (χ0v) is 17.9. The highest BCUT2D eigenvalue weighted by Gasteiger charge is 2.32. The van der Waals surface area contributed by atoms with Crippen molar-refractivity contribution in [2.45, 2.75) is 31.5 Å². The minimum atomic E-state index is -0.697. The van der Waals surface area contributed by atoms with Crippen molar-refractivity contribution in [3.63, 3.8) is 0 Å². The van der Waals surface area contributed by atoms with Crippen LogP contribution >= 0.6 is 0 Å². The minimum Gasteiger partial charge on any atom is -0.351 e. The molecule has 1 fully saturated rings. The van der Waals surface area contributed by atoms with E-state index in [4.69, 9.17) is 5.73 Å². The number of nitrogens with zero attached hydrogens (tertiary/aromatic N) is 1. The highest BCUT2D eigenvalue weighted by Crippen LogP contribution is 2.33. The first-order chi connectivity index (χ1) is 15.6. The number of hydrogen-bond donors (Lipinski definition) is 3. The molecule has 6 heteroatoms. The zero-order valence-electron chi connectivity index (χ0n) is 17.9. The third-order valence-corrected chi connectivity index (χ3v) is 5.83. The monoisotopic (exact) mass is 428 g/mol. The molecule has 0 bridgehead atoms. The van der Waals surface area contributed by atoms with Crippen LogP contribution in [0.25, 0.3) is 0 Å². The van der Waals surface area contributed by atoms with Gasteiger partial charge in [0, 0.05) is 6.54 Å². The summed E-state index contributed by atoms with van der Waals surface area (Å²) in [6, 6.07) is 27.0. The van der Waals surface area contributed by atoms with E-state index in [1.165, 1.54) is 11.1 Å². The summed E-state index contributed by atoms with van der Waals surface area (Å²) in [5.41, 5.74) is 8.46. The van der Waals surface area contributed by atoms with E-state index >= 15 is 0 Å². The lowest BCUT2D eigenvalue weighted by molar-refractivity contribution is 0.0673. The van der Waals surface area contributed by atoms with E-state index < -0.39 is 6.03 Å². The number of carbonyl (C=O) groups is 2. The molecule has 6 nitrogen and oxygen atoms in total. The predicted octanol–water partition coefficient (Wildman–Crippen LogP) is 4.51. The van der Waals surface area contributed by atoms with Crippen LogP contribution in [0, 0.1) is 0 Å². The summed E-state index contributed by atoms with van der Waals surface area (Å²) in [6.45, 7) is 0.876. The molecule has 1 atom stereocenters. The van der Waals surface area contributed by atoms with Crippen LogP contribution in [0.3, 0.4) is 0 Å². The van der Waals surface area contributed by atoms with Gasteiger partial charge in [0.15, 0.2) is 0 Å². The number of carbonyl (C=O) groups excluding carboxylic acids is 2. The highest BCUT2D eigenvalue weighted by molar-refractivity contribution is 6.03. The Bertz CT molecular complexity index is 1020. The van der Waals surface area contributed by atoms with Crippen LogP contribution in [0.15, 0.2) is 84.9 Å². The molecule has 164 valence electrons. The van der Waals surface area contributed by atoms with Gasteiger partial charge in [-0.2, -0.15) is 0 Å². The number of amides is 3. The molecule has 32 heavy (non-hydrogen) atoms. The number of rotatable bonds is 6. The molecule has 1 unspecified atom stereocenters. The van der Waals surface area contributed by atoms with Gasteiger partial charge in [0.1, 0.15) is 0 Å². The third kappa shape index (κ3) is 4.98. The summed E-state index contributed by atoms with van der Waals surface area (Å²) >= 11 is 0. The normalized spacial score (nSPS) is 16.5. The molecule has 1 saturated heterocycles. The minimum absolute atomic E-state index is 0.0296. The zero-order chi connectivity index (χ0) is 22.3. The van der Waals surface area contributed by atoms with Gasteiger partial charge in [-0.05, 0) is 42.5 Å². The van der Waals surface area contributed by atoms with Gasteiger partial charge in [0.2, 0.25) is 0 Å². The van der Waals surface area contributed by atoms with Gasteiger partial charge in [-0.15, -0.1) is 0 Å². The molecule has 0 aromatic heterocycles. The Labute approximate surface area is 188 Å². The van der Waals surface area contributed by atoms with Crippen molar-refractivity contribution in [1.82, 2.24) is 10.2 Å². The fourth-order valence-corrected chi connectivity index (χ4v) is 4.42. The summed E-state index contributed by atoms with van der Waals surface area (Å²) in [6.07, 6.45) is 2.83. The number of nitrogens with two attached hydrogens (primary N) is 1. The molecule has 1 aliphatic heterocycles. The number of piperidine rings is 1. The van der Waals surface area contributed by atoms with Crippen LogP contribution in [0.1, 0.15) is 46.8 Å². The molecule has 0 radical (unpaired) electrons. The highest BCUT2D eigenvalue weighted by atomic mass is 16.2. The number of benzene rings is 3. The average Bonchev–Trinajstić information content (AvgIpc) is 2.82. The summed E-state index contributed by atoms with van der Waals surface area (Å²) in [7, 11) is 0. The molecule has 0 spiro atoms. The number of hydrogen-bond acceptors (Lipinski definition) is 3. The average molecular weight is 429 g/mol. The van der Waals surface area contributed by atoms with Gasteiger partial charge in [-0.25, -0.2) is 4.79 Å². The van der Waals surface area contributed by atoms with Crippen LogP contribution in [-0.2, 0) is 0 Å². The third-order valence-electron chi connectivity index (χ3n) is 5.83. The van der Waals surface area contributed by atoms with Crippen molar-refractivity contribution in [3.05, 3.63) is 102 Å². The van der Waals surface area contributed by atoms with Crippen molar-refractivity contribution in [3.8, 4) is 0 Å². The van der Waals surface area contributed by atoms with Crippen LogP contribution in [0.4, 0.5) is 10.5 Å². The van der Waals surface area contributed by atoms with E-state index in [9.17, 15) is 9.59 Å². The van der Waals surface area contributed by atoms with Crippen molar-refractivity contribution >= 4 is 17.6 Å². The Balaban J connectivity index is 1.64. The second-order valence-electron chi connectivity index (χ2n) is 7.98. The van der Waals surface area contributed by atoms with E-state index in [2.05, 4.69) is 64.1 Å². The smallest absolute Gasteiger partial charge is 0.316 e. The number of anilines is 1. The Kier molecular flexibility index (Phi) is 6.82. The van der Waals surface area contributed by atoms with Gasteiger partial charge in [-0.3, -0.25) is 9.69 Å². The molecular weight excluding hydrogens is 400 g/mol. The van der Waals surface area contributed by atoms with Gasteiger partial charge < -0.3 is 16.4 Å². The summed E-state index contributed by atoms with van der Waals surface area (Å²) < 4.78 is 0. The van der Waals surface area contributed by atoms with Crippen LogP contribution < -0.4 is 16.4 Å². The standard InChI is InChI=1S/C26H28N4O2/c27-26(32)28-22-16-8-7-15-21(22)25(31)29-23-17-9-10-18-30(23)24(19-11-3-1-4-12-19)20-13-5-2-6-14-20/h1-8,11-16,23-24H,9-10,17-18H2,(H,29,31)(H3,27,28,32). The van der Waals surface area contributed by atoms with E-state index in [0.29, 0.717) is 11.3 Å². The molecular formula is C26H28N4O2. The van der Waals surface area contributed by atoms with Crippen LogP contribution in [0.2, 0.25) is 0 Å². The molecule has 0 saturated carbocycles. The Morgan fingerprint density at radius 1 is 0.844 bits per heavy atom. The predicted molar refractivity (Wildman–Crippen MR) is 126 cm³/mol. The molecule has 3 aromatic carbocycles. The molecule has 1 heterocycles. The van der Waals surface area contributed by atoms with Crippen LogP contribution in [-0.4, -0.2) is 29.5 Å². The molecule has 4 N–H and O–H groups in total. The lowest BCUT2D eigenvalue weighted by atomic mass is 9.93. The second kappa shape index (κ2) is 10.1. The fourth-order valence-electron chi connectivity index (χ4n) is 4.42. The van der Waals surface area contributed by atoms with E-state index in [1.54, 1.807) is 24.3 Å². The van der Waals surface area contributed by atoms with Crippen molar-refractivity contribution < 1.29 is 9.59 Å². The van der Waals surface area contributed by atoms with Crippen molar-refractivity contribution in [2.24, 2.45) is 5.73 Å². The molecule has 1 aliphatic rings. The Hall–Kier alpha value is -3.64.